The zero-order chi connectivity index (χ0) is 18.0. The molecule has 8 heteroatoms. The van der Waals surface area contributed by atoms with Gasteiger partial charge in [-0.3, -0.25) is 24.7 Å². The van der Waals surface area contributed by atoms with E-state index in [2.05, 4.69) is 22.2 Å². The van der Waals surface area contributed by atoms with Crippen molar-refractivity contribution in [1.29, 1.82) is 0 Å². The minimum Gasteiger partial charge on any atom is -0.325 e. The molecule has 2 aromatic rings. The number of nitro groups is 1. The fraction of sp³-hybridized carbons (Fsp3) is 0.118. The first-order valence-corrected chi connectivity index (χ1v) is 7.46. The Balaban J connectivity index is 2.01. The van der Waals surface area contributed by atoms with Gasteiger partial charge in [-0.25, -0.2) is 0 Å². The van der Waals surface area contributed by atoms with Crippen LogP contribution in [0.5, 0.6) is 0 Å². The number of carbonyl (C=O) groups excluding carboxylic acids is 2. The third-order valence-corrected chi connectivity index (χ3v) is 3.89. The maximum atomic E-state index is 12.3. The van der Waals surface area contributed by atoms with E-state index in [4.69, 9.17) is 0 Å². The fourth-order valence-corrected chi connectivity index (χ4v) is 2.71. The van der Waals surface area contributed by atoms with E-state index in [0.29, 0.717) is 17.7 Å². The number of nitrogens with one attached hydrogen (secondary N) is 2. The van der Waals surface area contributed by atoms with Crippen LogP contribution in [-0.2, 0) is 4.79 Å². The summed E-state index contributed by atoms with van der Waals surface area (Å²) in [5.41, 5.74) is 0.979. The molecule has 1 unspecified atom stereocenters. The van der Waals surface area contributed by atoms with Gasteiger partial charge in [0.25, 0.3) is 11.6 Å². The molecule has 0 radical (unpaired) electrons. The van der Waals surface area contributed by atoms with Gasteiger partial charge >= 0.3 is 0 Å². The number of nitrogens with zero attached hydrogens (tertiary/aromatic N) is 2. The van der Waals surface area contributed by atoms with Crippen LogP contribution < -0.4 is 10.6 Å². The molecule has 0 fully saturated rings. The Morgan fingerprint density at radius 1 is 1.48 bits per heavy atom. The number of allylic oxidation sites excluding steroid dienone is 1. The molecule has 1 aliphatic heterocycles. The number of nitro benzene ring substituents is 1. The highest BCUT2D eigenvalue weighted by Crippen LogP contribution is 2.41. The molecule has 1 aromatic carbocycles. The minimum atomic E-state index is -0.605. The average Bonchev–Trinajstić information content (AvgIpc) is 2.90. The van der Waals surface area contributed by atoms with E-state index < -0.39 is 16.7 Å². The standard InChI is InChI=1S/C17H14N4O4/c1-2-4-11-12-7-14(20-16(22)10-5-3-6-18-9-10)15(21(24)25)8-13(12)19-17(11)23/h2-3,5-9,11H,1,4H2,(H,19,23)(H,20,22). The lowest BCUT2D eigenvalue weighted by molar-refractivity contribution is -0.383. The number of hydrogen-bond donors (Lipinski definition) is 2. The Labute approximate surface area is 142 Å². The number of pyridine rings is 1. The molecule has 8 nitrogen and oxygen atoms in total. The van der Waals surface area contributed by atoms with Crippen molar-refractivity contribution in [1.82, 2.24) is 4.98 Å². The summed E-state index contributed by atoms with van der Waals surface area (Å²) < 4.78 is 0. The molecule has 1 aromatic heterocycles. The van der Waals surface area contributed by atoms with Gasteiger partial charge in [0.1, 0.15) is 5.69 Å². The van der Waals surface area contributed by atoms with Gasteiger partial charge in [0.05, 0.1) is 22.1 Å². The normalized spacial score (nSPS) is 15.2. The number of carbonyl (C=O) groups is 2. The highest BCUT2D eigenvalue weighted by Gasteiger charge is 2.33. The summed E-state index contributed by atoms with van der Waals surface area (Å²) in [5.74, 6) is -1.25. The number of aromatic nitrogens is 1. The molecule has 126 valence electrons. The molecular weight excluding hydrogens is 324 g/mol. The summed E-state index contributed by atoms with van der Waals surface area (Å²) >= 11 is 0. The maximum absolute atomic E-state index is 12.3. The molecule has 2 heterocycles. The highest BCUT2D eigenvalue weighted by atomic mass is 16.6. The van der Waals surface area contributed by atoms with Gasteiger partial charge in [-0.15, -0.1) is 6.58 Å². The largest absolute Gasteiger partial charge is 0.325 e. The second-order valence-electron chi connectivity index (χ2n) is 5.48. The van der Waals surface area contributed by atoms with Gasteiger partial charge in [-0.1, -0.05) is 6.08 Å². The van der Waals surface area contributed by atoms with Crippen molar-refractivity contribution < 1.29 is 14.5 Å². The molecule has 3 rings (SSSR count). The topological polar surface area (TPSA) is 114 Å². The first-order valence-electron chi connectivity index (χ1n) is 7.46. The van der Waals surface area contributed by atoms with E-state index >= 15 is 0 Å². The summed E-state index contributed by atoms with van der Waals surface area (Å²) in [4.78, 5) is 38.9. The Morgan fingerprint density at radius 3 is 2.92 bits per heavy atom. The van der Waals surface area contributed by atoms with Crippen LogP contribution in [0.25, 0.3) is 0 Å². The van der Waals surface area contributed by atoms with Gasteiger partial charge in [0.15, 0.2) is 0 Å². The van der Waals surface area contributed by atoms with Crippen LogP contribution in [-0.4, -0.2) is 21.7 Å². The lowest BCUT2D eigenvalue weighted by Crippen LogP contribution is -2.14. The first kappa shape index (κ1) is 16.3. The van der Waals surface area contributed by atoms with Gasteiger partial charge in [-0.05, 0) is 30.2 Å². The van der Waals surface area contributed by atoms with Crippen molar-refractivity contribution in [3.8, 4) is 0 Å². The Hall–Kier alpha value is -3.55. The van der Waals surface area contributed by atoms with E-state index in [1.165, 1.54) is 24.5 Å². The molecule has 1 aliphatic rings. The molecular formula is C17H14N4O4. The third kappa shape index (κ3) is 3.09. The predicted molar refractivity (Wildman–Crippen MR) is 91.5 cm³/mol. The van der Waals surface area contributed by atoms with Gasteiger partial charge in [0, 0.05) is 18.5 Å². The van der Waals surface area contributed by atoms with Crippen molar-refractivity contribution in [2.24, 2.45) is 0 Å². The zero-order valence-corrected chi connectivity index (χ0v) is 13.1. The number of amides is 2. The molecule has 0 saturated carbocycles. The quantitative estimate of drug-likeness (QED) is 0.494. The summed E-state index contributed by atoms with van der Waals surface area (Å²) in [6, 6.07) is 5.87. The first-order chi connectivity index (χ1) is 12.0. The minimum absolute atomic E-state index is 0.0307. The van der Waals surface area contributed by atoms with Crippen molar-refractivity contribution >= 4 is 28.9 Å². The predicted octanol–water partition coefficient (Wildman–Crippen LogP) is 2.85. The van der Waals surface area contributed by atoms with Crippen molar-refractivity contribution in [3.63, 3.8) is 0 Å². The molecule has 2 N–H and O–H groups in total. The van der Waals surface area contributed by atoms with Gasteiger partial charge < -0.3 is 10.6 Å². The van der Waals surface area contributed by atoms with Crippen LogP contribution in [0.1, 0.15) is 28.3 Å². The average molecular weight is 338 g/mol. The van der Waals surface area contributed by atoms with E-state index in [1.54, 1.807) is 18.2 Å². The molecule has 0 saturated heterocycles. The number of fused-ring (bicyclic) bond motifs is 1. The Kier molecular flexibility index (Phi) is 4.25. The monoisotopic (exact) mass is 338 g/mol. The summed E-state index contributed by atoms with van der Waals surface area (Å²) in [7, 11) is 0. The van der Waals surface area contributed by atoms with Crippen LogP contribution in [0.2, 0.25) is 0 Å². The number of anilines is 2. The van der Waals surface area contributed by atoms with Gasteiger partial charge in [-0.2, -0.15) is 0 Å². The van der Waals surface area contributed by atoms with Crippen LogP contribution in [0.3, 0.4) is 0 Å². The molecule has 0 spiro atoms. The zero-order valence-electron chi connectivity index (χ0n) is 13.1. The van der Waals surface area contributed by atoms with E-state index in [0.717, 1.165) is 0 Å². The fourth-order valence-electron chi connectivity index (χ4n) is 2.71. The summed E-state index contributed by atoms with van der Waals surface area (Å²) in [6.45, 7) is 3.62. The highest BCUT2D eigenvalue weighted by molar-refractivity contribution is 6.08. The molecule has 1 atom stereocenters. The second-order valence-corrected chi connectivity index (χ2v) is 5.48. The third-order valence-electron chi connectivity index (χ3n) is 3.89. The van der Waals surface area contributed by atoms with Crippen LogP contribution in [0.4, 0.5) is 17.1 Å². The van der Waals surface area contributed by atoms with Crippen LogP contribution in [0.15, 0.2) is 49.3 Å². The number of benzene rings is 1. The number of hydrogen-bond acceptors (Lipinski definition) is 5. The molecule has 25 heavy (non-hydrogen) atoms. The van der Waals surface area contributed by atoms with Crippen LogP contribution in [0, 0.1) is 10.1 Å². The second kappa shape index (κ2) is 6.52. The Bertz CT molecular complexity index is 880. The van der Waals surface area contributed by atoms with Gasteiger partial charge in [0.2, 0.25) is 5.91 Å². The lowest BCUT2D eigenvalue weighted by atomic mass is 9.96. The smallest absolute Gasteiger partial charge is 0.294 e. The van der Waals surface area contributed by atoms with Crippen LogP contribution >= 0.6 is 0 Å². The molecule has 0 bridgehead atoms. The van der Waals surface area contributed by atoms with Crippen molar-refractivity contribution in [2.45, 2.75) is 12.3 Å². The molecule has 2 amide bonds. The van der Waals surface area contributed by atoms with Crippen molar-refractivity contribution in [2.75, 3.05) is 10.6 Å². The van der Waals surface area contributed by atoms with E-state index in [1.807, 2.05) is 0 Å². The summed E-state index contributed by atoms with van der Waals surface area (Å²) in [6.07, 6.45) is 4.88. The van der Waals surface area contributed by atoms with E-state index in [-0.39, 0.29) is 22.8 Å². The SMILES string of the molecule is C=CCC1C(=O)Nc2cc([N+](=O)[O-])c(NC(=O)c3cccnc3)cc21. The van der Waals surface area contributed by atoms with E-state index in [9.17, 15) is 19.7 Å². The van der Waals surface area contributed by atoms with Crippen molar-refractivity contribution in [3.05, 3.63) is 70.6 Å². The number of rotatable bonds is 5. The maximum Gasteiger partial charge on any atom is 0.294 e. The Morgan fingerprint density at radius 2 is 2.28 bits per heavy atom. The lowest BCUT2D eigenvalue weighted by Gasteiger charge is -2.10. The summed E-state index contributed by atoms with van der Waals surface area (Å²) in [5, 5.41) is 16.5. The molecule has 0 aliphatic carbocycles.